The maximum absolute atomic E-state index is 10.5. The molecule has 0 amide bonds. The van der Waals surface area contributed by atoms with Gasteiger partial charge in [-0.3, -0.25) is 0 Å². The van der Waals surface area contributed by atoms with Crippen molar-refractivity contribution < 1.29 is 19.8 Å². The van der Waals surface area contributed by atoms with Crippen LogP contribution in [0.4, 0.5) is 5.82 Å². The summed E-state index contributed by atoms with van der Waals surface area (Å²) in [4.78, 5) is 24.4. The Bertz CT molecular complexity index is 375. The molecule has 0 aliphatic carbocycles. The Morgan fingerprint density at radius 3 is 2.31 bits per heavy atom. The Morgan fingerprint density at radius 2 is 1.85 bits per heavy atom. The van der Waals surface area contributed by atoms with E-state index in [1.165, 1.54) is 6.07 Å². The standard InChI is InChI=1S/C7H6N2O4/c8-4-2-1-3(6(10)11)5(9-4)7(12)13/h1-2H,(H2,8,9)(H,10,11)(H,12,13). The van der Waals surface area contributed by atoms with Gasteiger partial charge in [0.25, 0.3) is 0 Å². The molecular formula is C7H6N2O4. The molecule has 0 aliphatic heterocycles. The van der Waals surface area contributed by atoms with E-state index in [0.29, 0.717) is 0 Å². The summed E-state index contributed by atoms with van der Waals surface area (Å²) in [5, 5.41) is 17.1. The summed E-state index contributed by atoms with van der Waals surface area (Å²) in [5.41, 5.74) is 4.28. The molecule has 0 bridgehead atoms. The average molecular weight is 182 g/mol. The minimum atomic E-state index is -1.41. The second kappa shape index (κ2) is 3.10. The van der Waals surface area contributed by atoms with Crippen molar-refractivity contribution in [3.05, 3.63) is 23.4 Å². The van der Waals surface area contributed by atoms with Gasteiger partial charge < -0.3 is 15.9 Å². The number of pyridine rings is 1. The number of nitrogens with two attached hydrogens (primary N) is 1. The maximum Gasteiger partial charge on any atom is 0.355 e. The second-order valence-electron chi connectivity index (χ2n) is 2.24. The first-order chi connectivity index (χ1) is 6.02. The average Bonchev–Trinajstić information content (AvgIpc) is 2.03. The predicted molar refractivity (Wildman–Crippen MR) is 42.6 cm³/mol. The largest absolute Gasteiger partial charge is 0.478 e. The van der Waals surface area contributed by atoms with Crippen LogP contribution in [-0.2, 0) is 0 Å². The molecule has 0 radical (unpaired) electrons. The number of aromatic carboxylic acids is 2. The minimum absolute atomic E-state index is 0.0256. The van der Waals surface area contributed by atoms with Crippen molar-refractivity contribution in [3.63, 3.8) is 0 Å². The number of hydrogen-bond acceptors (Lipinski definition) is 4. The van der Waals surface area contributed by atoms with Crippen molar-refractivity contribution >= 4 is 17.8 Å². The van der Waals surface area contributed by atoms with E-state index < -0.39 is 17.6 Å². The third-order valence-electron chi connectivity index (χ3n) is 1.35. The van der Waals surface area contributed by atoms with Crippen LogP contribution in [0.15, 0.2) is 12.1 Å². The highest BCUT2D eigenvalue weighted by Gasteiger charge is 2.17. The van der Waals surface area contributed by atoms with Gasteiger partial charge in [-0.25, -0.2) is 14.6 Å². The topological polar surface area (TPSA) is 114 Å². The quantitative estimate of drug-likeness (QED) is 0.595. The Balaban J connectivity index is 3.35. The Morgan fingerprint density at radius 1 is 1.23 bits per heavy atom. The molecule has 68 valence electrons. The minimum Gasteiger partial charge on any atom is -0.478 e. The van der Waals surface area contributed by atoms with Crippen LogP contribution in [0.1, 0.15) is 20.8 Å². The zero-order valence-corrected chi connectivity index (χ0v) is 6.39. The van der Waals surface area contributed by atoms with Crippen molar-refractivity contribution in [1.82, 2.24) is 4.98 Å². The van der Waals surface area contributed by atoms with Crippen LogP contribution in [0.25, 0.3) is 0 Å². The van der Waals surface area contributed by atoms with Gasteiger partial charge in [0.05, 0.1) is 5.56 Å². The molecule has 1 rings (SSSR count). The fourth-order valence-corrected chi connectivity index (χ4v) is 0.810. The van der Waals surface area contributed by atoms with Crippen molar-refractivity contribution in [2.45, 2.75) is 0 Å². The summed E-state index contributed by atoms with van der Waals surface area (Å²) >= 11 is 0. The number of carboxylic acids is 2. The van der Waals surface area contributed by atoms with E-state index in [4.69, 9.17) is 15.9 Å². The molecule has 0 aromatic carbocycles. The molecule has 0 saturated carbocycles. The molecule has 6 heteroatoms. The Kier molecular flexibility index (Phi) is 2.14. The van der Waals surface area contributed by atoms with Crippen molar-refractivity contribution in [2.75, 3.05) is 5.73 Å². The van der Waals surface area contributed by atoms with Crippen molar-refractivity contribution in [1.29, 1.82) is 0 Å². The van der Waals surface area contributed by atoms with Crippen molar-refractivity contribution in [2.24, 2.45) is 0 Å². The summed E-state index contributed by atoms with van der Waals surface area (Å²) < 4.78 is 0. The normalized spacial score (nSPS) is 9.54. The Hall–Kier alpha value is -2.11. The molecule has 1 aromatic heterocycles. The van der Waals surface area contributed by atoms with Crippen LogP contribution in [0.2, 0.25) is 0 Å². The van der Waals surface area contributed by atoms with Gasteiger partial charge >= 0.3 is 11.9 Å². The Labute approximate surface area is 72.6 Å². The molecule has 0 fully saturated rings. The summed E-state index contributed by atoms with van der Waals surface area (Å²) in [5.74, 6) is -2.78. The van der Waals surface area contributed by atoms with Crippen LogP contribution >= 0.6 is 0 Å². The molecule has 1 heterocycles. The van der Waals surface area contributed by atoms with E-state index >= 15 is 0 Å². The van der Waals surface area contributed by atoms with Gasteiger partial charge in [0.15, 0.2) is 5.69 Å². The molecule has 0 saturated heterocycles. The molecule has 13 heavy (non-hydrogen) atoms. The smallest absolute Gasteiger partial charge is 0.355 e. The summed E-state index contributed by atoms with van der Waals surface area (Å²) in [6.07, 6.45) is 0. The predicted octanol–water partition coefficient (Wildman–Crippen LogP) is 0.0602. The fraction of sp³-hybridized carbons (Fsp3) is 0. The van der Waals surface area contributed by atoms with Crippen LogP contribution in [-0.4, -0.2) is 27.1 Å². The van der Waals surface area contributed by atoms with E-state index in [0.717, 1.165) is 6.07 Å². The van der Waals surface area contributed by atoms with Crippen LogP contribution in [0.3, 0.4) is 0 Å². The molecule has 0 aliphatic rings. The van der Waals surface area contributed by atoms with E-state index in [1.54, 1.807) is 0 Å². The van der Waals surface area contributed by atoms with Gasteiger partial charge in [-0.1, -0.05) is 0 Å². The third-order valence-corrected chi connectivity index (χ3v) is 1.35. The lowest BCUT2D eigenvalue weighted by Gasteiger charge is -2.00. The summed E-state index contributed by atoms with van der Waals surface area (Å²) in [6, 6.07) is 2.34. The van der Waals surface area contributed by atoms with Crippen LogP contribution in [0.5, 0.6) is 0 Å². The van der Waals surface area contributed by atoms with Gasteiger partial charge in [0, 0.05) is 0 Å². The third kappa shape index (κ3) is 1.73. The number of hydrogen-bond donors (Lipinski definition) is 3. The summed E-state index contributed by atoms with van der Waals surface area (Å²) in [6.45, 7) is 0. The first-order valence-corrected chi connectivity index (χ1v) is 3.25. The second-order valence-corrected chi connectivity index (χ2v) is 2.24. The number of anilines is 1. The van der Waals surface area contributed by atoms with E-state index in [9.17, 15) is 9.59 Å². The van der Waals surface area contributed by atoms with E-state index in [2.05, 4.69) is 4.98 Å². The molecule has 6 nitrogen and oxygen atoms in total. The van der Waals surface area contributed by atoms with Gasteiger partial charge in [-0.05, 0) is 12.1 Å². The number of nitrogens with zero attached hydrogens (tertiary/aromatic N) is 1. The van der Waals surface area contributed by atoms with Crippen LogP contribution < -0.4 is 5.73 Å². The molecular weight excluding hydrogens is 176 g/mol. The molecule has 4 N–H and O–H groups in total. The molecule has 0 unspecified atom stereocenters. The zero-order chi connectivity index (χ0) is 10.0. The van der Waals surface area contributed by atoms with E-state index in [-0.39, 0.29) is 11.4 Å². The van der Waals surface area contributed by atoms with Gasteiger partial charge in [-0.2, -0.15) is 0 Å². The number of nitrogen functional groups attached to an aromatic ring is 1. The molecule has 1 aromatic rings. The van der Waals surface area contributed by atoms with Gasteiger partial charge in [0.2, 0.25) is 0 Å². The van der Waals surface area contributed by atoms with Gasteiger partial charge in [0.1, 0.15) is 5.82 Å². The SMILES string of the molecule is Nc1ccc(C(=O)O)c(C(=O)O)n1. The summed E-state index contributed by atoms with van der Waals surface area (Å²) in [7, 11) is 0. The highest BCUT2D eigenvalue weighted by molar-refractivity contribution is 6.00. The number of aromatic nitrogens is 1. The lowest BCUT2D eigenvalue weighted by atomic mass is 10.2. The lowest BCUT2D eigenvalue weighted by Crippen LogP contribution is -2.11. The number of carbonyl (C=O) groups is 2. The van der Waals surface area contributed by atoms with Crippen LogP contribution in [0, 0.1) is 0 Å². The highest BCUT2D eigenvalue weighted by Crippen LogP contribution is 2.08. The zero-order valence-electron chi connectivity index (χ0n) is 6.39. The van der Waals surface area contributed by atoms with Gasteiger partial charge in [-0.15, -0.1) is 0 Å². The first-order valence-electron chi connectivity index (χ1n) is 3.25. The number of rotatable bonds is 2. The fourth-order valence-electron chi connectivity index (χ4n) is 0.810. The van der Waals surface area contributed by atoms with Crippen molar-refractivity contribution in [3.8, 4) is 0 Å². The molecule has 0 spiro atoms. The number of carboxylic acid groups (broad SMARTS) is 2. The first kappa shape index (κ1) is 8.98. The highest BCUT2D eigenvalue weighted by atomic mass is 16.4. The monoisotopic (exact) mass is 182 g/mol. The van der Waals surface area contributed by atoms with E-state index in [1.807, 2.05) is 0 Å². The molecule has 0 atom stereocenters. The lowest BCUT2D eigenvalue weighted by molar-refractivity contribution is 0.0646. The maximum atomic E-state index is 10.5.